The molecule has 1 aromatic rings. The zero-order valence-electron chi connectivity index (χ0n) is 18.8. The number of piperidine rings is 1. The van der Waals surface area contributed by atoms with Crippen molar-refractivity contribution in [3.63, 3.8) is 0 Å². The minimum atomic E-state index is -0.0256. The van der Waals surface area contributed by atoms with E-state index < -0.39 is 0 Å². The molecule has 174 valence electrons. The van der Waals surface area contributed by atoms with Gasteiger partial charge in [0.1, 0.15) is 0 Å². The first-order valence-corrected chi connectivity index (χ1v) is 11.9. The van der Waals surface area contributed by atoms with Crippen molar-refractivity contribution in [1.29, 1.82) is 0 Å². The molecule has 0 bridgehead atoms. The maximum Gasteiger partial charge on any atom is 0.246 e. The first-order valence-electron chi connectivity index (χ1n) is 11.9. The molecular formula is C25H35N3O4. The number of nitrogens with one attached hydrogen (secondary N) is 1. The van der Waals surface area contributed by atoms with Crippen LogP contribution in [0.4, 0.5) is 0 Å². The fourth-order valence-corrected chi connectivity index (χ4v) is 4.91. The summed E-state index contributed by atoms with van der Waals surface area (Å²) in [6, 6.07) is 10.1. The number of morpholine rings is 1. The van der Waals surface area contributed by atoms with Crippen LogP contribution in [-0.2, 0) is 19.1 Å². The molecule has 3 aliphatic heterocycles. The van der Waals surface area contributed by atoms with Crippen LogP contribution in [0.5, 0.6) is 0 Å². The van der Waals surface area contributed by atoms with Crippen molar-refractivity contribution in [2.45, 2.75) is 25.3 Å². The van der Waals surface area contributed by atoms with Gasteiger partial charge in [0, 0.05) is 63.3 Å². The van der Waals surface area contributed by atoms with Crippen molar-refractivity contribution in [1.82, 2.24) is 15.1 Å². The van der Waals surface area contributed by atoms with Crippen molar-refractivity contribution in [2.75, 3.05) is 59.2 Å². The van der Waals surface area contributed by atoms with Crippen molar-refractivity contribution < 1.29 is 19.1 Å². The highest BCUT2D eigenvalue weighted by Crippen LogP contribution is 2.23. The highest BCUT2D eigenvalue weighted by molar-refractivity contribution is 5.92. The molecule has 1 aromatic carbocycles. The van der Waals surface area contributed by atoms with E-state index in [2.05, 4.69) is 10.2 Å². The normalized spacial score (nSPS) is 24.0. The van der Waals surface area contributed by atoms with Crippen molar-refractivity contribution in [3.05, 3.63) is 42.0 Å². The monoisotopic (exact) mass is 441 g/mol. The number of rotatable bonds is 7. The Morgan fingerprint density at radius 1 is 1.00 bits per heavy atom. The average molecular weight is 442 g/mol. The lowest BCUT2D eigenvalue weighted by Crippen LogP contribution is -2.53. The Kier molecular flexibility index (Phi) is 8.31. The molecule has 3 aliphatic rings. The van der Waals surface area contributed by atoms with Crippen LogP contribution in [0.3, 0.4) is 0 Å². The maximum atomic E-state index is 12.9. The van der Waals surface area contributed by atoms with Gasteiger partial charge in [0.2, 0.25) is 11.8 Å². The smallest absolute Gasteiger partial charge is 0.246 e. The zero-order valence-corrected chi connectivity index (χ0v) is 18.8. The van der Waals surface area contributed by atoms with E-state index in [9.17, 15) is 9.59 Å². The quantitative estimate of drug-likeness (QED) is 0.654. The molecule has 3 saturated heterocycles. The minimum Gasteiger partial charge on any atom is -0.381 e. The topological polar surface area (TPSA) is 71.1 Å². The lowest BCUT2D eigenvalue weighted by atomic mass is 9.94. The van der Waals surface area contributed by atoms with Crippen LogP contribution in [0, 0.1) is 11.8 Å². The van der Waals surface area contributed by atoms with E-state index in [1.807, 2.05) is 41.3 Å². The third kappa shape index (κ3) is 6.18. The van der Waals surface area contributed by atoms with Gasteiger partial charge in [0.15, 0.2) is 0 Å². The first-order chi connectivity index (χ1) is 15.7. The summed E-state index contributed by atoms with van der Waals surface area (Å²) >= 11 is 0. The summed E-state index contributed by atoms with van der Waals surface area (Å²) in [7, 11) is 0. The third-order valence-electron chi connectivity index (χ3n) is 6.90. The number of likely N-dealkylation sites (tertiary alicyclic amines) is 1. The van der Waals surface area contributed by atoms with Gasteiger partial charge in [-0.3, -0.25) is 14.5 Å². The summed E-state index contributed by atoms with van der Waals surface area (Å²) in [5.74, 6) is 0.571. The second kappa shape index (κ2) is 11.6. The number of carbonyl (C=O) groups is 2. The summed E-state index contributed by atoms with van der Waals surface area (Å²) < 4.78 is 11.1. The van der Waals surface area contributed by atoms with E-state index >= 15 is 0 Å². The highest BCUT2D eigenvalue weighted by atomic mass is 16.5. The number of carbonyl (C=O) groups excluding carboxylic acids is 2. The van der Waals surface area contributed by atoms with Crippen molar-refractivity contribution in [3.8, 4) is 0 Å². The molecular weight excluding hydrogens is 406 g/mol. The lowest BCUT2D eigenvalue weighted by molar-refractivity contribution is -0.132. The Morgan fingerprint density at radius 2 is 1.75 bits per heavy atom. The number of benzene rings is 1. The van der Waals surface area contributed by atoms with Gasteiger partial charge in [-0.25, -0.2) is 0 Å². The van der Waals surface area contributed by atoms with Crippen molar-refractivity contribution >= 4 is 17.9 Å². The minimum absolute atomic E-state index is 0.0151. The van der Waals surface area contributed by atoms with Crippen LogP contribution in [0.25, 0.3) is 6.08 Å². The van der Waals surface area contributed by atoms with Crippen LogP contribution in [0.15, 0.2) is 36.4 Å². The molecule has 0 aromatic heterocycles. The van der Waals surface area contributed by atoms with Crippen LogP contribution >= 0.6 is 0 Å². The molecule has 4 rings (SSSR count). The van der Waals surface area contributed by atoms with E-state index in [0.29, 0.717) is 44.4 Å². The Labute approximate surface area is 190 Å². The fraction of sp³-hybridized carbons (Fsp3) is 0.600. The number of hydrogen-bond donors (Lipinski definition) is 1. The van der Waals surface area contributed by atoms with E-state index in [4.69, 9.17) is 9.47 Å². The van der Waals surface area contributed by atoms with Gasteiger partial charge in [-0.05, 0) is 30.9 Å². The molecule has 0 radical (unpaired) electrons. The largest absolute Gasteiger partial charge is 0.381 e. The van der Waals surface area contributed by atoms with Crippen LogP contribution < -0.4 is 5.32 Å². The molecule has 7 heteroatoms. The van der Waals surface area contributed by atoms with Gasteiger partial charge in [-0.15, -0.1) is 0 Å². The van der Waals surface area contributed by atoms with Gasteiger partial charge in [-0.2, -0.15) is 0 Å². The van der Waals surface area contributed by atoms with Crippen LogP contribution in [0.1, 0.15) is 24.8 Å². The van der Waals surface area contributed by atoms with Gasteiger partial charge < -0.3 is 19.7 Å². The summed E-state index contributed by atoms with van der Waals surface area (Å²) in [6.07, 6.45) is 5.96. The van der Waals surface area contributed by atoms with E-state index in [1.54, 1.807) is 6.08 Å². The average Bonchev–Trinajstić information content (AvgIpc) is 3.38. The number of ether oxygens (including phenoxy) is 2. The molecule has 3 heterocycles. The number of amides is 2. The lowest BCUT2D eigenvalue weighted by Gasteiger charge is -2.38. The molecule has 1 N–H and O–H groups in total. The molecule has 2 atom stereocenters. The Morgan fingerprint density at radius 3 is 2.44 bits per heavy atom. The Bertz CT molecular complexity index is 765. The standard InChI is InChI=1S/C25H35N3O4/c29-24(7-6-20-4-2-1-3-5-20)28-11-8-21(9-12-28)25(30)26-18-23(22-10-15-32-19-22)27-13-16-31-17-14-27/h1-7,21-23H,8-19H2,(H,26,30)/b7-6+. The second-order valence-corrected chi connectivity index (χ2v) is 8.93. The van der Waals surface area contributed by atoms with Gasteiger partial charge in [0.25, 0.3) is 0 Å². The third-order valence-corrected chi connectivity index (χ3v) is 6.90. The summed E-state index contributed by atoms with van der Waals surface area (Å²) in [6.45, 7) is 6.82. The number of hydrogen-bond acceptors (Lipinski definition) is 5. The number of nitrogens with zero attached hydrogens (tertiary/aromatic N) is 2. The summed E-state index contributed by atoms with van der Waals surface area (Å²) in [4.78, 5) is 29.7. The predicted molar refractivity (Wildman–Crippen MR) is 123 cm³/mol. The first kappa shape index (κ1) is 23.0. The van der Waals surface area contributed by atoms with E-state index in [-0.39, 0.29) is 17.7 Å². The van der Waals surface area contributed by atoms with Crippen LogP contribution in [0.2, 0.25) is 0 Å². The molecule has 0 aliphatic carbocycles. The van der Waals surface area contributed by atoms with Gasteiger partial charge in [0.05, 0.1) is 19.8 Å². The molecule has 3 fully saturated rings. The summed E-state index contributed by atoms with van der Waals surface area (Å²) in [5, 5.41) is 3.22. The molecule has 0 spiro atoms. The summed E-state index contributed by atoms with van der Waals surface area (Å²) in [5.41, 5.74) is 1.01. The molecule has 7 nitrogen and oxygen atoms in total. The molecule has 0 saturated carbocycles. The SMILES string of the molecule is O=C(NCC(C1CCOC1)N1CCOCC1)C1CCN(C(=O)/C=C/c2ccccc2)CC1. The van der Waals surface area contributed by atoms with E-state index in [0.717, 1.165) is 51.5 Å². The van der Waals surface area contributed by atoms with E-state index in [1.165, 1.54) is 0 Å². The zero-order chi connectivity index (χ0) is 22.2. The molecule has 2 unspecified atom stereocenters. The fourth-order valence-electron chi connectivity index (χ4n) is 4.91. The Balaban J connectivity index is 1.23. The van der Waals surface area contributed by atoms with Gasteiger partial charge in [-0.1, -0.05) is 30.3 Å². The predicted octanol–water partition coefficient (Wildman–Crippen LogP) is 1.79. The Hall–Kier alpha value is -2.22. The molecule has 2 amide bonds. The highest BCUT2D eigenvalue weighted by Gasteiger charge is 2.33. The van der Waals surface area contributed by atoms with Crippen LogP contribution in [-0.4, -0.2) is 86.8 Å². The van der Waals surface area contributed by atoms with Crippen molar-refractivity contribution in [2.24, 2.45) is 11.8 Å². The van der Waals surface area contributed by atoms with Gasteiger partial charge >= 0.3 is 0 Å². The second-order valence-electron chi connectivity index (χ2n) is 8.93. The molecule has 32 heavy (non-hydrogen) atoms. The maximum absolute atomic E-state index is 12.9.